The van der Waals surface area contributed by atoms with Crippen molar-refractivity contribution >= 4 is 23.2 Å². The molecule has 0 N–H and O–H groups in total. The lowest BCUT2D eigenvalue weighted by Crippen LogP contribution is -1.99. The third kappa shape index (κ3) is 462. The van der Waals surface area contributed by atoms with Crippen molar-refractivity contribution in [1.82, 2.24) is 4.90 Å². The summed E-state index contributed by atoms with van der Waals surface area (Å²) in [7, 11) is 6.00. The van der Waals surface area contributed by atoms with Crippen LogP contribution in [0.1, 0.15) is 0 Å². The molecule has 0 amide bonds. The molecule has 0 aromatic rings. The minimum absolute atomic E-state index is 0.194. The van der Waals surface area contributed by atoms with E-state index in [2.05, 4.69) is 0 Å². The molecule has 7 heavy (non-hydrogen) atoms. The molecular weight excluding hydrogens is 133 g/mol. The Morgan fingerprint density at radius 2 is 1.14 bits per heavy atom. The normalized spacial score (nSPS) is 7.71. The number of halogens is 2. The van der Waals surface area contributed by atoms with Gasteiger partial charge in [-0.05, 0) is 21.1 Å². The molecule has 0 saturated carbocycles. The molecule has 0 spiro atoms. The second kappa shape index (κ2) is 9.74. The van der Waals surface area contributed by atoms with Crippen LogP contribution in [0, 0.1) is 0 Å². The van der Waals surface area contributed by atoms with Gasteiger partial charge in [0.15, 0.2) is 0 Å². The summed E-state index contributed by atoms with van der Waals surface area (Å²) in [5.41, 5.74) is 0. The first-order chi connectivity index (χ1) is 3.15. The molecule has 0 rings (SSSR count). The van der Waals surface area contributed by atoms with Crippen LogP contribution in [0.5, 0.6) is 0 Å². The van der Waals surface area contributed by atoms with Crippen LogP contribution in [0.25, 0.3) is 0 Å². The highest BCUT2D eigenvalue weighted by atomic mass is 35.5. The van der Waals surface area contributed by atoms with Gasteiger partial charge in [0.1, 0.15) is 0 Å². The van der Waals surface area contributed by atoms with Gasteiger partial charge >= 0.3 is 0 Å². The van der Waals surface area contributed by atoms with Gasteiger partial charge in [0.25, 0.3) is 0 Å². The van der Waals surface area contributed by atoms with E-state index in [4.69, 9.17) is 23.2 Å². The van der Waals surface area contributed by atoms with Crippen LogP contribution >= 0.6 is 23.2 Å². The second-order valence-corrected chi connectivity index (χ2v) is 2.25. The summed E-state index contributed by atoms with van der Waals surface area (Å²) in [5.74, 6) is 0. The van der Waals surface area contributed by atoms with E-state index < -0.39 is 0 Å². The highest BCUT2D eigenvalue weighted by Gasteiger charge is 1.58. The molecule has 0 fully saturated rings. The Morgan fingerprint density at radius 3 is 1.14 bits per heavy atom. The van der Waals surface area contributed by atoms with Crippen molar-refractivity contribution in [3.8, 4) is 0 Å². The van der Waals surface area contributed by atoms with Gasteiger partial charge in [-0.2, -0.15) is 0 Å². The van der Waals surface area contributed by atoms with Gasteiger partial charge in [0.2, 0.25) is 0 Å². The quantitative estimate of drug-likeness (QED) is 0.466. The summed E-state index contributed by atoms with van der Waals surface area (Å²) < 4.78 is 0. The highest BCUT2D eigenvalue weighted by molar-refractivity contribution is 6.40. The smallest absolute Gasteiger partial charge is 0.0967 e. The van der Waals surface area contributed by atoms with E-state index in [9.17, 15) is 0 Å². The molecule has 0 saturated heterocycles. The van der Waals surface area contributed by atoms with Crippen LogP contribution in [-0.2, 0) is 0 Å². The van der Waals surface area contributed by atoms with Crippen LogP contribution in [0.2, 0.25) is 0 Å². The van der Waals surface area contributed by atoms with Crippen LogP contribution in [0.4, 0.5) is 0 Å². The van der Waals surface area contributed by atoms with Crippen molar-refractivity contribution in [2.75, 3.05) is 26.5 Å². The van der Waals surface area contributed by atoms with E-state index in [0.717, 1.165) is 0 Å². The molecule has 3 heteroatoms. The maximum Gasteiger partial charge on any atom is 0.0967 e. The van der Waals surface area contributed by atoms with Gasteiger partial charge in [0, 0.05) is 0 Å². The Morgan fingerprint density at radius 1 is 1.14 bits per heavy atom. The summed E-state index contributed by atoms with van der Waals surface area (Å²) in [6.45, 7) is 0. The van der Waals surface area contributed by atoms with Crippen LogP contribution in [-0.4, -0.2) is 31.4 Å². The minimum atomic E-state index is 0.194. The average Bonchev–Trinajstić information content (AvgIpc) is 1.33. The van der Waals surface area contributed by atoms with E-state index in [1.807, 2.05) is 26.0 Å². The van der Waals surface area contributed by atoms with Gasteiger partial charge in [0.05, 0.1) is 5.34 Å². The van der Waals surface area contributed by atoms with Crippen molar-refractivity contribution in [3.05, 3.63) is 0 Å². The highest BCUT2D eigenvalue weighted by Crippen LogP contribution is 1.73. The fourth-order valence-electron chi connectivity index (χ4n) is 0. The summed E-state index contributed by atoms with van der Waals surface area (Å²) in [4.78, 5) is 2.00. The first-order valence-corrected chi connectivity index (χ1v) is 2.95. The molecule has 0 heterocycles. The number of nitrogens with zero attached hydrogens (tertiary/aromatic N) is 1. The van der Waals surface area contributed by atoms with Gasteiger partial charge in [-0.15, -0.1) is 23.2 Å². The SMILES string of the molecule is CN(C)C.ClCCl. The molecule has 0 atom stereocenters. The summed E-state index contributed by atoms with van der Waals surface area (Å²) in [6, 6.07) is 0. The van der Waals surface area contributed by atoms with E-state index in [-0.39, 0.29) is 5.34 Å². The topological polar surface area (TPSA) is 3.24 Å². The maximum atomic E-state index is 4.76. The Bertz CT molecular complexity index is 20.9. The predicted molar refractivity (Wildman–Crippen MR) is 36.2 cm³/mol. The molecule has 0 aliphatic carbocycles. The predicted octanol–water partition coefficient (Wildman–Crippen LogP) is 1.60. The zero-order valence-electron chi connectivity index (χ0n) is 4.91. The first kappa shape index (κ1) is 10.5. The van der Waals surface area contributed by atoms with Gasteiger partial charge < -0.3 is 4.90 Å². The molecule has 46 valence electrons. The fourth-order valence-corrected chi connectivity index (χ4v) is 0. The summed E-state index contributed by atoms with van der Waals surface area (Å²) in [5, 5.41) is 0.194. The molecule has 0 bridgehead atoms. The number of alkyl halides is 2. The van der Waals surface area contributed by atoms with Crippen LogP contribution in [0.3, 0.4) is 0 Å². The van der Waals surface area contributed by atoms with Crippen molar-refractivity contribution in [2.45, 2.75) is 0 Å². The first-order valence-electron chi connectivity index (χ1n) is 1.88. The zero-order chi connectivity index (χ0) is 6.28. The lowest BCUT2D eigenvalue weighted by Gasteiger charge is -1.90. The lowest BCUT2D eigenvalue weighted by molar-refractivity contribution is 0.505. The van der Waals surface area contributed by atoms with Crippen molar-refractivity contribution in [3.63, 3.8) is 0 Å². The maximum absolute atomic E-state index is 4.76. The third-order valence-electron chi connectivity index (χ3n) is 0. The molecule has 0 aliphatic rings. The average molecular weight is 144 g/mol. The third-order valence-corrected chi connectivity index (χ3v) is 0. The second-order valence-electron chi connectivity index (χ2n) is 1.44. The van der Waals surface area contributed by atoms with Crippen molar-refractivity contribution < 1.29 is 0 Å². The Balaban J connectivity index is 0. The van der Waals surface area contributed by atoms with Crippen molar-refractivity contribution in [1.29, 1.82) is 0 Å². The molecule has 1 nitrogen and oxygen atoms in total. The largest absolute Gasteiger partial charge is 0.312 e. The van der Waals surface area contributed by atoms with Crippen molar-refractivity contribution in [2.24, 2.45) is 0 Å². The summed E-state index contributed by atoms with van der Waals surface area (Å²) >= 11 is 9.53. The van der Waals surface area contributed by atoms with E-state index in [1.54, 1.807) is 0 Å². The Labute approximate surface area is 55.2 Å². The fraction of sp³-hybridized carbons (Fsp3) is 1.00. The standard InChI is InChI=1S/C3H9N.CH2Cl2/c1-4(2)3;2-1-3/h1-3H3;1H2. The van der Waals surface area contributed by atoms with Gasteiger partial charge in [-0.25, -0.2) is 0 Å². The molecular formula is C4H11Cl2N. The zero-order valence-corrected chi connectivity index (χ0v) is 6.42. The molecule has 0 aromatic carbocycles. The van der Waals surface area contributed by atoms with Gasteiger partial charge in [-0.1, -0.05) is 0 Å². The van der Waals surface area contributed by atoms with Crippen LogP contribution < -0.4 is 0 Å². The monoisotopic (exact) mass is 143 g/mol. The van der Waals surface area contributed by atoms with Crippen LogP contribution in [0.15, 0.2) is 0 Å². The minimum Gasteiger partial charge on any atom is -0.312 e. The number of rotatable bonds is 0. The van der Waals surface area contributed by atoms with E-state index in [1.165, 1.54) is 0 Å². The Hall–Kier alpha value is 0.540. The lowest BCUT2D eigenvalue weighted by atomic mass is 11.0. The number of hydrogen-bond acceptors (Lipinski definition) is 1. The summed E-state index contributed by atoms with van der Waals surface area (Å²) in [6.07, 6.45) is 0. The molecule has 0 unspecified atom stereocenters. The molecule has 0 radical (unpaired) electrons. The van der Waals surface area contributed by atoms with E-state index in [0.29, 0.717) is 0 Å². The van der Waals surface area contributed by atoms with Gasteiger partial charge in [-0.3, -0.25) is 0 Å². The molecule has 0 aliphatic heterocycles. The van der Waals surface area contributed by atoms with E-state index >= 15 is 0 Å². The molecule has 0 aromatic heterocycles. The number of hydrogen-bond donors (Lipinski definition) is 0. The Kier molecular flexibility index (Phi) is 14.6.